The summed E-state index contributed by atoms with van der Waals surface area (Å²) in [5, 5.41) is 28.3. The highest BCUT2D eigenvalue weighted by molar-refractivity contribution is 5.13. The number of hydrogen-bond acceptors (Lipinski definition) is 3. The van der Waals surface area contributed by atoms with E-state index < -0.39 is 0 Å². The first-order chi connectivity index (χ1) is 8.48. The lowest BCUT2D eigenvalue weighted by molar-refractivity contribution is 0.00197. The smallest absolute Gasteiger partial charge is 0.0663 e. The van der Waals surface area contributed by atoms with Crippen LogP contribution in [0.3, 0.4) is 0 Å². The largest absolute Gasteiger partial charge is 0.393 e. The van der Waals surface area contributed by atoms with Gasteiger partial charge in [-0.05, 0) is 54.4 Å². The zero-order chi connectivity index (χ0) is 13.4. The molecule has 0 amide bonds. The predicted molar refractivity (Wildman–Crippen MR) is 71.1 cm³/mol. The van der Waals surface area contributed by atoms with Gasteiger partial charge in [0, 0.05) is 0 Å². The molecular weight excluding hydrogens is 228 g/mol. The fraction of sp³-hybridized carbons (Fsp3) is 0.867. The van der Waals surface area contributed by atoms with Crippen molar-refractivity contribution in [1.29, 1.82) is 0 Å². The van der Waals surface area contributed by atoms with Crippen molar-refractivity contribution in [2.45, 2.75) is 52.1 Å². The van der Waals surface area contributed by atoms with Crippen LogP contribution in [0.5, 0.6) is 0 Å². The minimum Gasteiger partial charge on any atom is -0.393 e. The van der Waals surface area contributed by atoms with Crippen molar-refractivity contribution in [3.63, 3.8) is 0 Å². The lowest BCUT2D eigenvalue weighted by Crippen LogP contribution is -2.37. The number of fused-ring (bicyclic) bond motifs is 2. The number of aliphatic hydroxyl groups is 3. The first-order valence-electron chi connectivity index (χ1n) is 7.05. The molecule has 0 spiro atoms. The van der Waals surface area contributed by atoms with E-state index >= 15 is 0 Å². The van der Waals surface area contributed by atoms with Gasteiger partial charge in [0.25, 0.3) is 0 Å². The lowest BCUT2D eigenvalue weighted by atomic mass is 9.66. The molecule has 0 aromatic carbocycles. The maximum absolute atomic E-state index is 10.2. The number of rotatable bonds is 5. The summed E-state index contributed by atoms with van der Waals surface area (Å²) in [6, 6.07) is 0. The molecule has 0 heterocycles. The Morgan fingerprint density at radius 2 is 1.94 bits per heavy atom. The molecule has 2 rings (SSSR count). The number of aliphatic hydroxyl groups excluding tert-OH is 3. The van der Waals surface area contributed by atoms with Gasteiger partial charge in [-0.25, -0.2) is 0 Å². The molecule has 2 bridgehead atoms. The van der Waals surface area contributed by atoms with Gasteiger partial charge in [0.05, 0.1) is 19.3 Å². The second-order valence-corrected chi connectivity index (χ2v) is 6.54. The van der Waals surface area contributed by atoms with Crippen molar-refractivity contribution in [1.82, 2.24) is 0 Å². The first-order valence-corrected chi connectivity index (χ1v) is 7.05. The zero-order valence-electron chi connectivity index (χ0n) is 11.5. The molecule has 3 N–H and O–H groups in total. The Labute approximate surface area is 110 Å². The SMILES string of the molecule is C[C@]1(CCC=C(CO)CO)[C@H]2CC[C@]1(C)[C@@H](O)C2. The van der Waals surface area contributed by atoms with Gasteiger partial charge in [0.15, 0.2) is 0 Å². The first kappa shape index (κ1) is 14.0. The zero-order valence-corrected chi connectivity index (χ0v) is 11.5. The Hall–Kier alpha value is -0.380. The highest BCUT2D eigenvalue weighted by Gasteiger charge is 2.62. The second-order valence-electron chi connectivity index (χ2n) is 6.54. The normalized spacial score (nSPS) is 42.3. The van der Waals surface area contributed by atoms with E-state index in [1.807, 2.05) is 6.08 Å². The van der Waals surface area contributed by atoms with Gasteiger partial charge in [-0.2, -0.15) is 0 Å². The molecule has 0 aromatic heterocycles. The molecule has 0 aromatic rings. The van der Waals surface area contributed by atoms with Crippen molar-refractivity contribution >= 4 is 0 Å². The van der Waals surface area contributed by atoms with Crippen LogP contribution in [0.15, 0.2) is 11.6 Å². The Kier molecular flexibility index (Phi) is 3.86. The molecule has 0 unspecified atom stereocenters. The standard InChI is InChI=1S/C15H26O3/c1-14(6-3-4-11(9-16)10-17)12-5-7-15(14,2)13(18)8-12/h4,12-13,16-18H,3,5-10H2,1-2H3/t12-,13-,14-,15+/m0/s1. The molecule has 104 valence electrons. The fourth-order valence-electron chi connectivity index (χ4n) is 4.24. The molecule has 0 radical (unpaired) electrons. The summed E-state index contributed by atoms with van der Waals surface area (Å²) in [7, 11) is 0. The van der Waals surface area contributed by atoms with Gasteiger partial charge >= 0.3 is 0 Å². The minimum atomic E-state index is -0.152. The maximum Gasteiger partial charge on any atom is 0.0663 e. The Morgan fingerprint density at radius 1 is 1.28 bits per heavy atom. The number of hydrogen-bond donors (Lipinski definition) is 3. The highest BCUT2D eigenvalue weighted by Crippen LogP contribution is 2.67. The van der Waals surface area contributed by atoms with Gasteiger partial charge in [0.2, 0.25) is 0 Å². The molecule has 0 saturated heterocycles. The Balaban J connectivity index is 2.03. The lowest BCUT2D eigenvalue weighted by Gasteiger charge is -2.40. The fourth-order valence-corrected chi connectivity index (χ4v) is 4.24. The molecule has 3 nitrogen and oxygen atoms in total. The molecule has 2 saturated carbocycles. The van der Waals surface area contributed by atoms with Crippen molar-refractivity contribution in [3.05, 3.63) is 11.6 Å². The van der Waals surface area contributed by atoms with E-state index in [1.165, 1.54) is 6.42 Å². The van der Waals surface area contributed by atoms with Crippen molar-refractivity contribution in [2.75, 3.05) is 13.2 Å². The summed E-state index contributed by atoms with van der Waals surface area (Å²) in [6.07, 6.45) is 7.04. The molecule has 2 aliphatic carbocycles. The van der Waals surface area contributed by atoms with Crippen LogP contribution in [0.25, 0.3) is 0 Å². The molecule has 4 atom stereocenters. The molecule has 3 heteroatoms. The van der Waals surface area contributed by atoms with Gasteiger partial charge in [0.1, 0.15) is 0 Å². The highest BCUT2D eigenvalue weighted by atomic mass is 16.3. The molecule has 18 heavy (non-hydrogen) atoms. The summed E-state index contributed by atoms with van der Waals surface area (Å²) < 4.78 is 0. The van der Waals surface area contributed by atoms with Crippen molar-refractivity contribution in [2.24, 2.45) is 16.7 Å². The monoisotopic (exact) mass is 254 g/mol. The third-order valence-corrected chi connectivity index (χ3v) is 5.96. The van der Waals surface area contributed by atoms with E-state index in [0.717, 1.165) is 25.7 Å². The summed E-state index contributed by atoms with van der Waals surface area (Å²) in [5.41, 5.74) is 0.970. The number of allylic oxidation sites excluding steroid dienone is 1. The molecule has 2 aliphatic rings. The quantitative estimate of drug-likeness (QED) is 0.656. The third kappa shape index (κ3) is 1.93. The molecular formula is C15H26O3. The Morgan fingerprint density at radius 3 is 2.39 bits per heavy atom. The predicted octanol–water partition coefficient (Wildman–Crippen LogP) is 1.86. The van der Waals surface area contributed by atoms with Crippen molar-refractivity contribution < 1.29 is 15.3 Å². The minimum absolute atomic E-state index is 0.0590. The van der Waals surface area contributed by atoms with E-state index in [2.05, 4.69) is 13.8 Å². The van der Waals surface area contributed by atoms with E-state index in [9.17, 15) is 5.11 Å². The second kappa shape index (κ2) is 4.95. The van der Waals surface area contributed by atoms with E-state index in [-0.39, 0.29) is 30.1 Å². The summed E-state index contributed by atoms with van der Waals surface area (Å²) in [6.45, 7) is 4.42. The topological polar surface area (TPSA) is 60.7 Å². The van der Waals surface area contributed by atoms with Crippen LogP contribution < -0.4 is 0 Å². The third-order valence-electron chi connectivity index (χ3n) is 5.96. The molecule has 0 aliphatic heterocycles. The van der Waals surface area contributed by atoms with E-state index in [1.54, 1.807) is 0 Å². The van der Waals surface area contributed by atoms with Crippen LogP contribution in [-0.4, -0.2) is 34.6 Å². The summed E-state index contributed by atoms with van der Waals surface area (Å²) in [5.74, 6) is 0.637. The van der Waals surface area contributed by atoms with Crippen LogP contribution in [-0.2, 0) is 0 Å². The van der Waals surface area contributed by atoms with Gasteiger partial charge in [-0.15, -0.1) is 0 Å². The summed E-state index contributed by atoms with van der Waals surface area (Å²) >= 11 is 0. The van der Waals surface area contributed by atoms with Crippen LogP contribution in [0.4, 0.5) is 0 Å². The van der Waals surface area contributed by atoms with Crippen LogP contribution in [0, 0.1) is 16.7 Å². The van der Waals surface area contributed by atoms with Gasteiger partial charge in [-0.3, -0.25) is 0 Å². The Bertz CT molecular complexity index is 333. The molecule has 2 fully saturated rings. The van der Waals surface area contributed by atoms with E-state index in [0.29, 0.717) is 11.5 Å². The maximum atomic E-state index is 10.2. The van der Waals surface area contributed by atoms with Crippen LogP contribution >= 0.6 is 0 Å². The van der Waals surface area contributed by atoms with Gasteiger partial charge < -0.3 is 15.3 Å². The van der Waals surface area contributed by atoms with Gasteiger partial charge in [-0.1, -0.05) is 19.9 Å². The average molecular weight is 254 g/mol. The average Bonchev–Trinajstić information content (AvgIpc) is 2.70. The van der Waals surface area contributed by atoms with E-state index in [4.69, 9.17) is 10.2 Å². The van der Waals surface area contributed by atoms with Crippen LogP contribution in [0.2, 0.25) is 0 Å². The van der Waals surface area contributed by atoms with Crippen molar-refractivity contribution in [3.8, 4) is 0 Å². The summed E-state index contributed by atoms with van der Waals surface area (Å²) in [4.78, 5) is 0. The van der Waals surface area contributed by atoms with Crippen LogP contribution in [0.1, 0.15) is 46.0 Å².